The average Bonchev–Trinajstić information content (AvgIpc) is 2.68. The van der Waals surface area contributed by atoms with Crippen molar-refractivity contribution in [2.45, 2.75) is 25.8 Å². The van der Waals surface area contributed by atoms with E-state index in [0.29, 0.717) is 44.5 Å². The van der Waals surface area contributed by atoms with Crippen LogP contribution in [0.5, 0.6) is 11.5 Å². The maximum atomic E-state index is 12.8. The number of anilines is 1. The molecule has 0 aromatic heterocycles. The molecule has 140 valence electrons. The molecule has 1 aromatic carbocycles. The highest BCUT2D eigenvalue weighted by molar-refractivity contribution is 5.92. The molecule has 1 fully saturated rings. The summed E-state index contributed by atoms with van der Waals surface area (Å²) in [6.45, 7) is 5.22. The average molecular weight is 360 g/mol. The minimum Gasteiger partial charge on any atom is -0.491 e. The van der Waals surface area contributed by atoms with Crippen molar-refractivity contribution >= 4 is 11.6 Å². The lowest BCUT2D eigenvalue weighted by Gasteiger charge is -2.35. The Kier molecular flexibility index (Phi) is 4.77. The summed E-state index contributed by atoms with van der Waals surface area (Å²) in [5, 5.41) is 3.51. The number of nitrogens with one attached hydrogen (secondary N) is 1. The number of carbonyl (C=O) groups is 1. The second-order valence-electron chi connectivity index (χ2n) is 6.68. The molecule has 0 aliphatic carbocycles. The van der Waals surface area contributed by atoms with Gasteiger partial charge in [0.05, 0.1) is 0 Å². The highest BCUT2D eigenvalue weighted by Gasteiger charge is 2.29. The van der Waals surface area contributed by atoms with Crippen LogP contribution in [0.2, 0.25) is 0 Å². The molecule has 7 heteroatoms. The van der Waals surface area contributed by atoms with E-state index < -0.39 is 0 Å². The Bertz CT molecular complexity index is 718. The fourth-order valence-electron chi connectivity index (χ4n) is 3.51. The van der Waals surface area contributed by atoms with E-state index in [9.17, 15) is 4.79 Å². The molecule has 26 heavy (non-hydrogen) atoms. The first kappa shape index (κ1) is 16.9. The number of likely N-dealkylation sites (tertiary alicyclic amines) is 1. The van der Waals surface area contributed by atoms with Crippen LogP contribution in [-0.2, 0) is 14.3 Å². The molecule has 0 spiro atoms. The predicted molar refractivity (Wildman–Crippen MR) is 95.3 cm³/mol. The number of fused-ring (bicyclic) bond motifs is 1. The van der Waals surface area contributed by atoms with Gasteiger partial charge in [-0.15, -0.1) is 0 Å². The molecule has 3 aliphatic heterocycles. The standard InChI is InChI=1S/C19H24N2O5/c1-13-18(26-10-7-23-13)19(22)21-6-2-3-15(12-21)20-14-4-5-16-17(11-14)25-9-8-24-16/h4-5,11,15,20H,2-3,6-10,12H2,1H3/t15-/m0/s1. The van der Waals surface area contributed by atoms with Crippen molar-refractivity contribution < 1.29 is 23.7 Å². The fraction of sp³-hybridized carbons (Fsp3) is 0.526. The van der Waals surface area contributed by atoms with E-state index in [1.807, 2.05) is 23.1 Å². The van der Waals surface area contributed by atoms with Gasteiger partial charge in [-0.25, -0.2) is 0 Å². The number of nitrogens with zero attached hydrogens (tertiary/aromatic N) is 1. The van der Waals surface area contributed by atoms with Gasteiger partial charge in [-0.1, -0.05) is 0 Å². The Morgan fingerprint density at radius 2 is 1.85 bits per heavy atom. The van der Waals surface area contributed by atoms with Gasteiger partial charge < -0.3 is 29.2 Å². The lowest BCUT2D eigenvalue weighted by atomic mass is 10.0. The zero-order valence-electron chi connectivity index (χ0n) is 15.0. The Balaban J connectivity index is 1.41. The van der Waals surface area contributed by atoms with E-state index in [0.717, 1.165) is 36.6 Å². The molecule has 0 bridgehead atoms. The van der Waals surface area contributed by atoms with Crippen LogP contribution in [0.15, 0.2) is 29.7 Å². The zero-order chi connectivity index (χ0) is 17.9. The third-order valence-electron chi connectivity index (χ3n) is 4.78. The van der Waals surface area contributed by atoms with E-state index >= 15 is 0 Å². The minimum absolute atomic E-state index is 0.0872. The van der Waals surface area contributed by atoms with Crippen LogP contribution in [-0.4, -0.2) is 56.4 Å². The summed E-state index contributed by atoms with van der Waals surface area (Å²) in [5.74, 6) is 2.37. The fourth-order valence-corrected chi connectivity index (χ4v) is 3.51. The van der Waals surface area contributed by atoms with Crippen LogP contribution in [0, 0.1) is 0 Å². The van der Waals surface area contributed by atoms with Gasteiger partial charge in [0, 0.05) is 30.9 Å². The molecule has 1 saturated heterocycles. The van der Waals surface area contributed by atoms with Crippen molar-refractivity contribution in [1.82, 2.24) is 4.90 Å². The molecule has 7 nitrogen and oxygen atoms in total. The number of piperidine rings is 1. The van der Waals surface area contributed by atoms with E-state index in [1.165, 1.54) is 0 Å². The molecule has 4 rings (SSSR count). The van der Waals surface area contributed by atoms with Crippen LogP contribution in [0.1, 0.15) is 19.8 Å². The van der Waals surface area contributed by atoms with Crippen molar-refractivity contribution in [2.24, 2.45) is 0 Å². The normalized spacial score (nSPS) is 22.3. The smallest absolute Gasteiger partial charge is 0.292 e. The van der Waals surface area contributed by atoms with Gasteiger partial charge >= 0.3 is 0 Å². The monoisotopic (exact) mass is 360 g/mol. The van der Waals surface area contributed by atoms with Crippen LogP contribution >= 0.6 is 0 Å². The van der Waals surface area contributed by atoms with Crippen molar-refractivity contribution in [3.05, 3.63) is 29.7 Å². The van der Waals surface area contributed by atoms with E-state index in [4.69, 9.17) is 18.9 Å². The highest BCUT2D eigenvalue weighted by atomic mass is 16.6. The van der Waals surface area contributed by atoms with Crippen molar-refractivity contribution in [3.8, 4) is 11.5 Å². The van der Waals surface area contributed by atoms with E-state index in [2.05, 4.69) is 5.32 Å². The molecule has 0 radical (unpaired) electrons. The Morgan fingerprint density at radius 1 is 1.08 bits per heavy atom. The predicted octanol–water partition coefficient (Wildman–Crippen LogP) is 2.14. The van der Waals surface area contributed by atoms with Gasteiger partial charge in [0.15, 0.2) is 11.5 Å². The molecular weight excluding hydrogens is 336 g/mol. The number of rotatable bonds is 3. The number of hydrogen-bond acceptors (Lipinski definition) is 6. The van der Waals surface area contributed by atoms with Gasteiger partial charge in [-0.05, 0) is 31.9 Å². The molecule has 1 aromatic rings. The molecule has 1 N–H and O–H groups in total. The van der Waals surface area contributed by atoms with Crippen LogP contribution in [0.4, 0.5) is 5.69 Å². The molecule has 3 heterocycles. The van der Waals surface area contributed by atoms with Crippen molar-refractivity contribution in [1.29, 1.82) is 0 Å². The van der Waals surface area contributed by atoms with Gasteiger partial charge in [0.25, 0.3) is 5.91 Å². The second kappa shape index (κ2) is 7.35. The lowest BCUT2D eigenvalue weighted by molar-refractivity contribution is -0.133. The number of amides is 1. The number of benzene rings is 1. The van der Waals surface area contributed by atoms with Gasteiger partial charge in [0.2, 0.25) is 5.76 Å². The van der Waals surface area contributed by atoms with Gasteiger partial charge in [-0.3, -0.25) is 4.79 Å². The zero-order valence-corrected chi connectivity index (χ0v) is 15.0. The summed E-state index contributed by atoms with van der Waals surface area (Å²) < 4.78 is 22.2. The first-order valence-electron chi connectivity index (χ1n) is 9.12. The molecule has 1 amide bonds. The largest absolute Gasteiger partial charge is 0.491 e. The van der Waals surface area contributed by atoms with Gasteiger partial charge in [0.1, 0.15) is 32.2 Å². The maximum Gasteiger partial charge on any atom is 0.292 e. The Hall–Kier alpha value is -2.57. The SMILES string of the molecule is CC1=C(C(=O)N2CCC[C@H](Nc3ccc4c(c3)OCCO4)C2)OCCO1. The van der Waals surface area contributed by atoms with Crippen molar-refractivity contribution in [3.63, 3.8) is 0 Å². The second-order valence-corrected chi connectivity index (χ2v) is 6.68. The number of hydrogen-bond donors (Lipinski definition) is 1. The number of carbonyl (C=O) groups excluding carboxylic acids is 1. The van der Waals surface area contributed by atoms with Crippen LogP contribution in [0.25, 0.3) is 0 Å². The lowest BCUT2D eigenvalue weighted by Crippen LogP contribution is -2.46. The summed E-state index contributed by atoms with van der Waals surface area (Å²) in [6, 6.07) is 6.05. The molecule has 0 saturated carbocycles. The van der Waals surface area contributed by atoms with E-state index in [-0.39, 0.29) is 11.9 Å². The molecule has 1 atom stereocenters. The summed E-state index contributed by atoms with van der Waals surface area (Å²) >= 11 is 0. The first-order chi connectivity index (χ1) is 12.7. The summed E-state index contributed by atoms with van der Waals surface area (Å²) in [4.78, 5) is 14.6. The molecular formula is C19H24N2O5. The minimum atomic E-state index is -0.0872. The third-order valence-corrected chi connectivity index (χ3v) is 4.78. The number of ether oxygens (including phenoxy) is 4. The quantitative estimate of drug-likeness (QED) is 0.891. The van der Waals surface area contributed by atoms with Crippen LogP contribution in [0.3, 0.4) is 0 Å². The first-order valence-corrected chi connectivity index (χ1v) is 9.12. The Morgan fingerprint density at radius 3 is 2.69 bits per heavy atom. The topological polar surface area (TPSA) is 69.3 Å². The van der Waals surface area contributed by atoms with Crippen molar-refractivity contribution in [2.75, 3.05) is 44.8 Å². The summed E-state index contributed by atoms with van der Waals surface area (Å²) in [6.07, 6.45) is 1.95. The van der Waals surface area contributed by atoms with Gasteiger partial charge in [-0.2, -0.15) is 0 Å². The summed E-state index contributed by atoms with van der Waals surface area (Å²) in [5.41, 5.74) is 0.973. The Labute approximate surface area is 152 Å². The maximum absolute atomic E-state index is 12.8. The number of allylic oxidation sites excluding steroid dienone is 1. The van der Waals surface area contributed by atoms with E-state index in [1.54, 1.807) is 6.92 Å². The third kappa shape index (κ3) is 3.52. The highest BCUT2D eigenvalue weighted by Crippen LogP contribution is 2.33. The van der Waals surface area contributed by atoms with Crippen LogP contribution < -0.4 is 14.8 Å². The molecule has 0 unspecified atom stereocenters. The summed E-state index contributed by atoms with van der Waals surface area (Å²) in [7, 11) is 0. The molecule has 3 aliphatic rings.